The van der Waals surface area contributed by atoms with Crippen LogP contribution in [0.1, 0.15) is 44.2 Å². The van der Waals surface area contributed by atoms with Crippen LogP contribution >= 0.6 is 0 Å². The number of carbonyl (C=O) groups is 1. The van der Waals surface area contributed by atoms with Gasteiger partial charge in [-0.05, 0) is 87.1 Å². The minimum Gasteiger partial charge on any atom is -0.497 e. The molecule has 1 N–H and O–H groups in total. The highest BCUT2D eigenvalue weighted by atomic mass is 16.5. The lowest BCUT2D eigenvalue weighted by atomic mass is 9.96. The van der Waals surface area contributed by atoms with Crippen molar-refractivity contribution in [3.63, 3.8) is 0 Å². The van der Waals surface area contributed by atoms with Gasteiger partial charge in [0, 0.05) is 42.3 Å². The molecule has 236 valence electrons. The quantitative estimate of drug-likeness (QED) is 0.275. The summed E-state index contributed by atoms with van der Waals surface area (Å²) in [5.41, 5.74) is 6.84. The number of rotatable bonds is 10. The third-order valence-electron chi connectivity index (χ3n) is 8.70. The fraction of sp³-hybridized carbons (Fsp3) is 0.400. The van der Waals surface area contributed by atoms with Crippen LogP contribution < -0.4 is 19.7 Å². The maximum Gasteiger partial charge on any atom is 0.335 e. The predicted molar refractivity (Wildman–Crippen MR) is 176 cm³/mol. The van der Waals surface area contributed by atoms with E-state index >= 15 is 0 Å². The number of nitrogens with one attached hydrogen (secondary N) is 1. The van der Waals surface area contributed by atoms with Crippen LogP contribution in [0.5, 0.6) is 11.5 Å². The summed E-state index contributed by atoms with van der Waals surface area (Å²) in [6, 6.07) is 13.6. The number of carbonyl (C=O) groups excluding carboxylic acids is 1. The Labute approximate surface area is 265 Å². The molecule has 6 rings (SSSR count). The number of benzene rings is 2. The summed E-state index contributed by atoms with van der Waals surface area (Å²) in [7, 11) is 3.19. The van der Waals surface area contributed by atoms with E-state index in [0.29, 0.717) is 35.5 Å². The molecule has 10 nitrogen and oxygen atoms in total. The highest BCUT2D eigenvalue weighted by molar-refractivity contribution is 6.03. The molecule has 1 aromatic heterocycles. The summed E-state index contributed by atoms with van der Waals surface area (Å²) >= 11 is 0. The van der Waals surface area contributed by atoms with Crippen LogP contribution in [0.4, 0.5) is 27.9 Å². The first-order valence-corrected chi connectivity index (χ1v) is 15.7. The smallest absolute Gasteiger partial charge is 0.335 e. The van der Waals surface area contributed by atoms with Gasteiger partial charge in [-0.25, -0.2) is 14.7 Å². The van der Waals surface area contributed by atoms with Crippen LogP contribution in [-0.4, -0.2) is 72.9 Å². The molecule has 1 aliphatic carbocycles. The van der Waals surface area contributed by atoms with E-state index < -0.39 is 0 Å². The molecule has 0 saturated carbocycles. The number of hydrogen-bond acceptors (Lipinski definition) is 8. The van der Waals surface area contributed by atoms with Gasteiger partial charge in [0.2, 0.25) is 5.95 Å². The minimum absolute atomic E-state index is 0.193. The Bertz CT molecular complexity index is 1600. The lowest BCUT2D eigenvalue weighted by Gasteiger charge is -2.39. The van der Waals surface area contributed by atoms with Crippen LogP contribution in [0, 0.1) is 0 Å². The Kier molecular flexibility index (Phi) is 9.32. The molecule has 2 aromatic carbocycles. The molecule has 0 radical (unpaired) electrons. The molecule has 2 amide bonds. The molecule has 3 heterocycles. The van der Waals surface area contributed by atoms with Crippen molar-refractivity contribution in [1.29, 1.82) is 0 Å². The third kappa shape index (κ3) is 6.67. The normalized spacial score (nSPS) is 17.2. The van der Waals surface area contributed by atoms with Crippen LogP contribution in [0.25, 0.3) is 0 Å². The van der Waals surface area contributed by atoms with Gasteiger partial charge in [-0.1, -0.05) is 18.2 Å². The monoisotopic (exact) mass is 610 g/mol. The fourth-order valence-corrected chi connectivity index (χ4v) is 6.29. The number of ether oxygens (including phenoxy) is 3. The topological polar surface area (TPSA) is 92.3 Å². The van der Waals surface area contributed by atoms with Crippen molar-refractivity contribution in [2.45, 2.75) is 46.1 Å². The lowest BCUT2D eigenvalue weighted by Crippen LogP contribution is -2.45. The van der Waals surface area contributed by atoms with Crippen molar-refractivity contribution in [2.24, 2.45) is 0 Å². The number of fused-ring (bicyclic) bond motifs is 1. The molecule has 0 spiro atoms. The van der Waals surface area contributed by atoms with E-state index in [0.717, 1.165) is 81.1 Å². The van der Waals surface area contributed by atoms with Gasteiger partial charge < -0.3 is 19.5 Å². The van der Waals surface area contributed by atoms with Gasteiger partial charge in [0.25, 0.3) is 0 Å². The maximum atomic E-state index is 14.4. The van der Waals surface area contributed by atoms with Crippen molar-refractivity contribution < 1.29 is 19.0 Å². The first-order chi connectivity index (χ1) is 21.9. The lowest BCUT2D eigenvalue weighted by molar-refractivity contribution is 0.0374. The van der Waals surface area contributed by atoms with Gasteiger partial charge in [0.15, 0.2) is 5.82 Å². The van der Waals surface area contributed by atoms with Crippen molar-refractivity contribution >= 4 is 29.2 Å². The number of amides is 2. The summed E-state index contributed by atoms with van der Waals surface area (Å²) < 4.78 is 16.6. The molecule has 0 unspecified atom stereocenters. The number of aromatic nitrogens is 2. The zero-order chi connectivity index (χ0) is 31.3. The van der Waals surface area contributed by atoms with Gasteiger partial charge in [-0.2, -0.15) is 4.98 Å². The van der Waals surface area contributed by atoms with Crippen LogP contribution in [-0.2, 0) is 17.7 Å². The van der Waals surface area contributed by atoms with Crippen molar-refractivity contribution in [3.05, 3.63) is 82.7 Å². The molecule has 10 heteroatoms. The van der Waals surface area contributed by atoms with Gasteiger partial charge in [-0.3, -0.25) is 9.80 Å². The van der Waals surface area contributed by atoms with E-state index in [2.05, 4.69) is 59.4 Å². The number of allylic oxidation sites excluding steroid dienone is 3. The molecular formula is C35H42N6O4. The molecule has 3 aliphatic rings. The molecule has 1 fully saturated rings. The summed E-state index contributed by atoms with van der Waals surface area (Å²) in [4.78, 5) is 29.9. The highest BCUT2D eigenvalue weighted by Crippen LogP contribution is 2.43. The average molecular weight is 611 g/mol. The number of morpholine rings is 1. The van der Waals surface area contributed by atoms with E-state index in [-0.39, 0.29) is 6.03 Å². The second kappa shape index (κ2) is 13.7. The first-order valence-electron chi connectivity index (χ1n) is 15.7. The molecule has 3 aromatic rings. The number of nitrogens with zero attached hydrogens (tertiary/aromatic N) is 5. The Balaban J connectivity index is 1.27. The summed E-state index contributed by atoms with van der Waals surface area (Å²) in [6.45, 7) is 9.33. The van der Waals surface area contributed by atoms with Crippen molar-refractivity contribution in [3.8, 4) is 11.5 Å². The standard InChI is InChI=1S/C35H42N6O4/c1-24-7-5-8-25(2)32(24)40-23-27-22-36-34(37-28-12-10-26(11-13-28)9-6-16-39-17-19-45-20-18-39)38-33(27)41(35(40)42)30-15-14-29(43-3)21-31(30)44-4/h7,10-15,21-22H,5-6,8-9,16-20,23H2,1-4H3,(H,36,37,38). The Morgan fingerprint density at radius 3 is 2.56 bits per heavy atom. The van der Waals surface area contributed by atoms with E-state index in [4.69, 9.17) is 19.2 Å². The van der Waals surface area contributed by atoms with Crippen molar-refractivity contribution in [1.82, 2.24) is 19.8 Å². The van der Waals surface area contributed by atoms with Crippen LogP contribution in [0.2, 0.25) is 0 Å². The Hall–Kier alpha value is -4.41. The Morgan fingerprint density at radius 1 is 1.02 bits per heavy atom. The summed E-state index contributed by atoms with van der Waals surface area (Å²) in [5.74, 6) is 2.08. The third-order valence-corrected chi connectivity index (χ3v) is 8.70. The number of aryl methyl sites for hydroxylation is 1. The van der Waals surface area contributed by atoms with E-state index in [1.54, 1.807) is 25.2 Å². The second-order valence-electron chi connectivity index (χ2n) is 11.7. The second-order valence-corrected chi connectivity index (χ2v) is 11.7. The first kappa shape index (κ1) is 30.6. The molecule has 45 heavy (non-hydrogen) atoms. The number of urea groups is 1. The van der Waals surface area contributed by atoms with Gasteiger partial charge in [0.1, 0.15) is 11.5 Å². The van der Waals surface area contributed by atoms with E-state index in [1.165, 1.54) is 11.1 Å². The van der Waals surface area contributed by atoms with Gasteiger partial charge >= 0.3 is 6.03 Å². The fourth-order valence-electron chi connectivity index (χ4n) is 6.29. The SMILES string of the molecule is COc1ccc(N2C(=O)N(C3=C(C)CCC=C3C)Cc3cnc(Nc4ccc(CCCN5CCOCC5)cc4)nc32)c(OC)c1. The zero-order valence-corrected chi connectivity index (χ0v) is 26.6. The van der Waals surface area contributed by atoms with Crippen molar-refractivity contribution in [2.75, 3.05) is 57.3 Å². The maximum absolute atomic E-state index is 14.4. The Morgan fingerprint density at radius 2 is 1.82 bits per heavy atom. The van der Waals surface area contributed by atoms with Crippen LogP contribution in [0.15, 0.2) is 71.6 Å². The van der Waals surface area contributed by atoms with Gasteiger partial charge in [0.05, 0.1) is 39.7 Å². The molecule has 0 atom stereocenters. The number of methoxy groups -OCH3 is 2. The summed E-state index contributed by atoms with van der Waals surface area (Å²) in [5, 5.41) is 3.35. The van der Waals surface area contributed by atoms with E-state index in [1.807, 2.05) is 23.2 Å². The highest BCUT2D eigenvalue weighted by Gasteiger charge is 2.38. The number of anilines is 4. The van der Waals surface area contributed by atoms with E-state index in [9.17, 15) is 4.79 Å². The van der Waals surface area contributed by atoms with Gasteiger partial charge in [-0.15, -0.1) is 0 Å². The van der Waals surface area contributed by atoms with Crippen LogP contribution in [0.3, 0.4) is 0 Å². The molecule has 0 bridgehead atoms. The number of hydrogen-bond donors (Lipinski definition) is 1. The largest absolute Gasteiger partial charge is 0.497 e. The molecule has 2 aliphatic heterocycles. The predicted octanol–water partition coefficient (Wildman–Crippen LogP) is 6.59. The summed E-state index contributed by atoms with van der Waals surface area (Å²) in [6.07, 6.45) is 8.04. The average Bonchev–Trinajstić information content (AvgIpc) is 3.06. The zero-order valence-electron chi connectivity index (χ0n) is 26.6. The minimum atomic E-state index is -0.193. The molecule has 1 saturated heterocycles. The molecular weight excluding hydrogens is 568 g/mol.